The summed E-state index contributed by atoms with van der Waals surface area (Å²) >= 11 is 5.89. The van der Waals surface area contributed by atoms with Gasteiger partial charge in [0.1, 0.15) is 6.07 Å². The van der Waals surface area contributed by atoms with Gasteiger partial charge in [-0.25, -0.2) is 0 Å². The molecule has 1 unspecified atom stereocenters. The van der Waals surface area contributed by atoms with Crippen LogP contribution >= 0.6 is 11.6 Å². The number of benzene rings is 1. The highest BCUT2D eigenvalue weighted by Crippen LogP contribution is 2.22. The summed E-state index contributed by atoms with van der Waals surface area (Å²) in [7, 11) is 4.09. The van der Waals surface area contributed by atoms with Crippen molar-refractivity contribution in [3.8, 4) is 6.07 Å². The molecule has 0 aliphatic heterocycles. The Bertz CT molecular complexity index is 435. The van der Waals surface area contributed by atoms with Crippen LogP contribution in [0.15, 0.2) is 18.2 Å². The second-order valence-electron chi connectivity index (χ2n) is 5.06. The molecule has 1 N–H and O–H groups in total. The second-order valence-corrected chi connectivity index (χ2v) is 5.50. The van der Waals surface area contributed by atoms with E-state index in [4.69, 9.17) is 16.9 Å². The smallest absolute Gasteiger partial charge is 0.101 e. The van der Waals surface area contributed by atoms with Crippen molar-refractivity contribution in [2.45, 2.75) is 19.9 Å². The zero-order chi connectivity index (χ0) is 13.7. The van der Waals surface area contributed by atoms with Gasteiger partial charge in [0.15, 0.2) is 0 Å². The van der Waals surface area contributed by atoms with E-state index in [1.165, 1.54) is 0 Å². The van der Waals surface area contributed by atoms with Gasteiger partial charge in [0.25, 0.3) is 0 Å². The van der Waals surface area contributed by atoms with Crippen LogP contribution in [-0.4, -0.2) is 31.6 Å². The van der Waals surface area contributed by atoms with Crippen LogP contribution in [-0.2, 0) is 0 Å². The fourth-order valence-electron chi connectivity index (χ4n) is 1.75. The van der Waals surface area contributed by atoms with Gasteiger partial charge in [0.05, 0.1) is 11.3 Å². The van der Waals surface area contributed by atoms with Gasteiger partial charge in [0, 0.05) is 17.6 Å². The molecule has 1 atom stereocenters. The predicted octanol–water partition coefficient (Wildman–Crippen LogP) is 3.21. The van der Waals surface area contributed by atoms with Crippen LogP contribution in [0.4, 0.5) is 5.69 Å². The number of likely N-dealkylation sites (N-methyl/N-ethyl adjacent to an activating group) is 1. The Morgan fingerprint density at radius 2 is 2.06 bits per heavy atom. The highest BCUT2D eigenvalue weighted by Gasteiger charge is 2.15. The fourth-order valence-corrected chi connectivity index (χ4v) is 1.92. The molecule has 0 heterocycles. The third-order valence-corrected chi connectivity index (χ3v) is 3.04. The molecule has 0 spiro atoms. The molecule has 1 aromatic carbocycles. The van der Waals surface area contributed by atoms with Crippen molar-refractivity contribution in [2.24, 2.45) is 5.92 Å². The van der Waals surface area contributed by atoms with Gasteiger partial charge in [-0.1, -0.05) is 25.4 Å². The largest absolute Gasteiger partial charge is 0.380 e. The third kappa shape index (κ3) is 4.21. The van der Waals surface area contributed by atoms with Crippen molar-refractivity contribution in [1.29, 1.82) is 5.26 Å². The zero-order valence-electron chi connectivity index (χ0n) is 11.4. The maximum Gasteiger partial charge on any atom is 0.101 e. The van der Waals surface area contributed by atoms with Gasteiger partial charge >= 0.3 is 0 Å². The standard InChI is InChI=1S/C14H20ClN3/c1-10(2)14(9-18(3)4)17-13-6-5-12(15)7-11(13)8-16/h5-7,10,14,17H,9H2,1-4H3. The summed E-state index contributed by atoms with van der Waals surface area (Å²) in [4.78, 5) is 2.14. The van der Waals surface area contributed by atoms with Crippen molar-refractivity contribution in [1.82, 2.24) is 4.90 Å². The summed E-state index contributed by atoms with van der Waals surface area (Å²) < 4.78 is 0. The molecule has 0 radical (unpaired) electrons. The molecule has 1 aromatic rings. The minimum absolute atomic E-state index is 0.299. The van der Waals surface area contributed by atoms with Crippen LogP contribution in [0.3, 0.4) is 0 Å². The van der Waals surface area contributed by atoms with E-state index in [0.717, 1.165) is 12.2 Å². The summed E-state index contributed by atoms with van der Waals surface area (Å²) in [6, 6.07) is 7.83. The number of rotatable bonds is 5. The molecular formula is C14H20ClN3. The molecule has 0 saturated heterocycles. The van der Waals surface area contributed by atoms with E-state index in [0.29, 0.717) is 22.5 Å². The summed E-state index contributed by atoms with van der Waals surface area (Å²) in [6.07, 6.45) is 0. The molecule has 0 saturated carbocycles. The van der Waals surface area contributed by atoms with Crippen LogP contribution in [0.2, 0.25) is 5.02 Å². The number of nitrogens with zero attached hydrogens (tertiary/aromatic N) is 2. The van der Waals surface area contributed by atoms with Crippen molar-refractivity contribution in [2.75, 3.05) is 26.0 Å². The molecule has 0 aliphatic carbocycles. The van der Waals surface area contributed by atoms with Crippen molar-refractivity contribution < 1.29 is 0 Å². The van der Waals surface area contributed by atoms with E-state index < -0.39 is 0 Å². The Labute approximate surface area is 114 Å². The highest BCUT2D eigenvalue weighted by molar-refractivity contribution is 6.30. The van der Waals surface area contributed by atoms with Crippen molar-refractivity contribution in [3.63, 3.8) is 0 Å². The number of hydrogen-bond donors (Lipinski definition) is 1. The molecule has 1 rings (SSSR count). The Morgan fingerprint density at radius 1 is 1.39 bits per heavy atom. The minimum atomic E-state index is 0.299. The lowest BCUT2D eigenvalue weighted by atomic mass is 10.0. The number of hydrogen-bond acceptors (Lipinski definition) is 3. The van der Waals surface area contributed by atoms with E-state index in [2.05, 4.69) is 30.1 Å². The Hall–Kier alpha value is -1.24. The molecule has 3 nitrogen and oxygen atoms in total. The number of nitriles is 1. The van der Waals surface area contributed by atoms with E-state index in [9.17, 15) is 0 Å². The molecule has 0 aromatic heterocycles. The molecule has 0 amide bonds. The van der Waals surface area contributed by atoms with Crippen molar-refractivity contribution >= 4 is 17.3 Å². The lowest BCUT2D eigenvalue weighted by Crippen LogP contribution is -2.36. The van der Waals surface area contributed by atoms with Crippen LogP contribution < -0.4 is 5.32 Å². The van der Waals surface area contributed by atoms with Crippen molar-refractivity contribution in [3.05, 3.63) is 28.8 Å². The van der Waals surface area contributed by atoms with Gasteiger partial charge in [0.2, 0.25) is 0 Å². The number of halogens is 1. The van der Waals surface area contributed by atoms with E-state index in [1.54, 1.807) is 12.1 Å². The van der Waals surface area contributed by atoms with Gasteiger partial charge < -0.3 is 10.2 Å². The zero-order valence-corrected chi connectivity index (χ0v) is 12.1. The molecule has 4 heteroatoms. The molecule has 0 aliphatic rings. The van der Waals surface area contributed by atoms with Gasteiger partial charge in [-0.15, -0.1) is 0 Å². The maximum atomic E-state index is 9.12. The first-order valence-corrected chi connectivity index (χ1v) is 6.42. The Balaban J connectivity index is 2.90. The van der Waals surface area contributed by atoms with Crippen LogP contribution in [0.25, 0.3) is 0 Å². The lowest BCUT2D eigenvalue weighted by molar-refractivity contribution is 0.344. The summed E-state index contributed by atoms with van der Waals surface area (Å²) in [6.45, 7) is 5.26. The Morgan fingerprint density at radius 3 is 2.56 bits per heavy atom. The molecular weight excluding hydrogens is 246 g/mol. The topological polar surface area (TPSA) is 39.1 Å². The first-order valence-electron chi connectivity index (χ1n) is 6.05. The quantitative estimate of drug-likeness (QED) is 0.889. The van der Waals surface area contributed by atoms with Crippen LogP contribution in [0.1, 0.15) is 19.4 Å². The average molecular weight is 266 g/mol. The highest BCUT2D eigenvalue weighted by atomic mass is 35.5. The number of anilines is 1. The minimum Gasteiger partial charge on any atom is -0.380 e. The monoisotopic (exact) mass is 265 g/mol. The van der Waals surface area contributed by atoms with Crippen LogP contribution in [0, 0.1) is 17.2 Å². The third-order valence-electron chi connectivity index (χ3n) is 2.81. The summed E-state index contributed by atoms with van der Waals surface area (Å²) in [5.41, 5.74) is 1.44. The van der Waals surface area contributed by atoms with Gasteiger partial charge in [-0.05, 0) is 38.2 Å². The lowest BCUT2D eigenvalue weighted by Gasteiger charge is -2.27. The molecule has 0 fully saturated rings. The summed E-state index contributed by atoms with van der Waals surface area (Å²) in [5.74, 6) is 0.481. The fraction of sp³-hybridized carbons (Fsp3) is 0.500. The predicted molar refractivity (Wildman–Crippen MR) is 77.0 cm³/mol. The SMILES string of the molecule is CC(C)C(CN(C)C)Nc1ccc(Cl)cc1C#N. The first-order chi connectivity index (χ1) is 8.43. The van der Waals surface area contributed by atoms with Gasteiger partial charge in [-0.2, -0.15) is 5.26 Å². The maximum absolute atomic E-state index is 9.12. The number of nitrogens with one attached hydrogen (secondary N) is 1. The normalized spacial score (nSPS) is 12.6. The first kappa shape index (κ1) is 14.8. The van der Waals surface area contributed by atoms with E-state index in [1.807, 2.05) is 20.2 Å². The molecule has 18 heavy (non-hydrogen) atoms. The van der Waals surface area contributed by atoms with Gasteiger partial charge in [-0.3, -0.25) is 0 Å². The second kappa shape index (κ2) is 6.63. The van der Waals surface area contributed by atoms with E-state index in [-0.39, 0.29) is 0 Å². The van der Waals surface area contributed by atoms with Crippen LogP contribution in [0.5, 0.6) is 0 Å². The Kier molecular flexibility index (Phi) is 5.46. The molecule has 98 valence electrons. The average Bonchev–Trinajstić information content (AvgIpc) is 2.29. The van der Waals surface area contributed by atoms with E-state index >= 15 is 0 Å². The molecule has 0 bridgehead atoms. The summed E-state index contributed by atoms with van der Waals surface area (Å²) in [5, 5.41) is 13.1.